The molecule has 2 rings (SSSR count). The number of hydrogen-bond donors (Lipinski definition) is 3. The van der Waals surface area contributed by atoms with Crippen molar-refractivity contribution in [2.45, 2.75) is 18.4 Å². The van der Waals surface area contributed by atoms with Crippen LogP contribution in [0.5, 0.6) is 0 Å². The van der Waals surface area contributed by atoms with Crippen molar-refractivity contribution in [1.29, 1.82) is 0 Å². The molecule has 3 N–H and O–H groups in total. The maximum atomic E-state index is 13.3. The van der Waals surface area contributed by atoms with Gasteiger partial charge in [-0.15, -0.1) is 0 Å². The summed E-state index contributed by atoms with van der Waals surface area (Å²) in [6.45, 7) is 0. The number of hydrogen-bond acceptors (Lipinski definition) is 3. The summed E-state index contributed by atoms with van der Waals surface area (Å²) in [5.74, 6) is -8.15. The molecule has 0 radical (unpaired) electrons. The first-order chi connectivity index (χ1) is 13.5. The van der Waals surface area contributed by atoms with Gasteiger partial charge in [0.05, 0.1) is 0 Å². The van der Waals surface area contributed by atoms with E-state index in [0.29, 0.717) is 12.1 Å². The summed E-state index contributed by atoms with van der Waals surface area (Å²) in [7, 11) is 0. The minimum absolute atomic E-state index is 0.0963. The number of alkyl halides is 4. The number of nitrogens with one attached hydrogen (secondary N) is 2. The molecule has 0 aliphatic carbocycles. The van der Waals surface area contributed by atoms with Crippen molar-refractivity contribution in [3.8, 4) is 11.1 Å². The van der Waals surface area contributed by atoms with E-state index in [4.69, 9.17) is 5.21 Å². The monoisotopic (exact) mass is 424 g/mol. The van der Waals surface area contributed by atoms with Crippen LogP contribution in [0.1, 0.15) is 11.6 Å². The third-order valence-corrected chi connectivity index (χ3v) is 3.74. The summed E-state index contributed by atoms with van der Waals surface area (Å²) in [6, 6.07) is 3.90. The molecular weight excluding hydrogens is 413 g/mol. The molecule has 12 heteroatoms. The van der Waals surface area contributed by atoms with Gasteiger partial charge < -0.3 is 5.32 Å². The highest BCUT2D eigenvalue weighted by Crippen LogP contribution is 2.27. The minimum Gasteiger partial charge on any atom is -0.338 e. The average Bonchev–Trinajstić information content (AvgIpc) is 2.67. The van der Waals surface area contributed by atoms with Gasteiger partial charge >= 0.3 is 6.18 Å². The van der Waals surface area contributed by atoms with Crippen LogP contribution in [0.4, 0.5) is 30.7 Å². The van der Waals surface area contributed by atoms with Gasteiger partial charge in [-0.05, 0) is 28.8 Å². The second-order valence-electron chi connectivity index (χ2n) is 5.70. The molecule has 2 amide bonds. The van der Waals surface area contributed by atoms with Crippen molar-refractivity contribution in [1.82, 2.24) is 10.8 Å². The molecule has 0 saturated carbocycles. The lowest BCUT2D eigenvalue weighted by Crippen LogP contribution is -2.46. The van der Waals surface area contributed by atoms with E-state index in [9.17, 15) is 40.3 Å². The van der Waals surface area contributed by atoms with E-state index in [-0.39, 0.29) is 16.7 Å². The van der Waals surface area contributed by atoms with E-state index in [1.807, 2.05) is 0 Å². The molecule has 2 aromatic carbocycles. The highest BCUT2D eigenvalue weighted by molar-refractivity contribution is 5.90. The Labute approximate surface area is 158 Å². The van der Waals surface area contributed by atoms with Crippen LogP contribution in [-0.4, -0.2) is 29.4 Å². The Balaban J connectivity index is 2.32. The number of benzene rings is 2. The van der Waals surface area contributed by atoms with E-state index in [1.165, 1.54) is 5.32 Å². The van der Waals surface area contributed by atoms with Crippen LogP contribution >= 0.6 is 0 Å². The Hall–Kier alpha value is -3.15. The van der Waals surface area contributed by atoms with E-state index >= 15 is 0 Å². The lowest BCUT2D eigenvalue weighted by molar-refractivity contribution is -0.187. The van der Waals surface area contributed by atoms with Gasteiger partial charge in [0.15, 0.2) is 17.5 Å². The maximum Gasteiger partial charge on any atom is 0.428 e. The molecular formula is C17H11F7N2O3. The first-order valence-corrected chi connectivity index (χ1v) is 7.65. The zero-order valence-electron chi connectivity index (χ0n) is 14.0. The number of rotatable bonds is 5. The molecule has 0 bridgehead atoms. The zero-order valence-corrected chi connectivity index (χ0v) is 14.0. The predicted molar refractivity (Wildman–Crippen MR) is 83.5 cm³/mol. The molecule has 156 valence electrons. The number of amides is 2. The molecule has 0 unspecified atom stereocenters. The third-order valence-electron chi connectivity index (χ3n) is 3.74. The first-order valence-electron chi connectivity index (χ1n) is 7.65. The van der Waals surface area contributed by atoms with E-state index in [0.717, 1.165) is 29.7 Å². The van der Waals surface area contributed by atoms with E-state index in [1.54, 1.807) is 0 Å². The van der Waals surface area contributed by atoms with Crippen molar-refractivity contribution >= 4 is 11.8 Å². The molecule has 29 heavy (non-hydrogen) atoms. The quantitative estimate of drug-likeness (QED) is 0.298. The lowest BCUT2D eigenvalue weighted by atomic mass is 10.00. The average molecular weight is 424 g/mol. The molecule has 2 atom stereocenters. The zero-order chi connectivity index (χ0) is 21.9. The maximum absolute atomic E-state index is 13.3. The van der Waals surface area contributed by atoms with Gasteiger partial charge in [-0.25, -0.2) is 23.0 Å². The molecule has 0 saturated heterocycles. The summed E-state index contributed by atoms with van der Waals surface area (Å²) in [5.41, 5.74) is 0.955. The summed E-state index contributed by atoms with van der Waals surface area (Å²) in [4.78, 5) is 23.1. The first kappa shape index (κ1) is 22.1. The summed E-state index contributed by atoms with van der Waals surface area (Å²) >= 11 is 0. The van der Waals surface area contributed by atoms with Crippen LogP contribution in [0.25, 0.3) is 11.1 Å². The molecule has 0 fully saturated rings. The van der Waals surface area contributed by atoms with Crippen molar-refractivity contribution in [2.75, 3.05) is 0 Å². The Bertz CT molecular complexity index is 893. The Morgan fingerprint density at radius 3 is 1.86 bits per heavy atom. The van der Waals surface area contributed by atoms with Gasteiger partial charge in [0.2, 0.25) is 0 Å². The Kier molecular flexibility index (Phi) is 6.47. The number of carbonyl (C=O) groups is 2. The standard InChI is InChI=1S/C17H11F7N2O3/c18-10-5-9(6-11(19)12(10)20)7-1-3-8(4-2-7)13(15(27)26-29)25-16(28)14(21)17(22,23)24/h1-6,13-14,29H,(H,25,28)(H,26,27)/t13-,14-/m1/s1. The van der Waals surface area contributed by atoms with Gasteiger partial charge in [0.1, 0.15) is 6.04 Å². The predicted octanol–water partition coefficient (Wildman–Crippen LogP) is 3.33. The van der Waals surface area contributed by atoms with Crippen LogP contribution < -0.4 is 10.8 Å². The van der Waals surface area contributed by atoms with Crippen LogP contribution in [0.3, 0.4) is 0 Å². The van der Waals surface area contributed by atoms with Gasteiger partial charge in [-0.2, -0.15) is 13.2 Å². The van der Waals surface area contributed by atoms with Gasteiger partial charge in [0, 0.05) is 0 Å². The Morgan fingerprint density at radius 2 is 1.41 bits per heavy atom. The topological polar surface area (TPSA) is 78.4 Å². The molecule has 2 aromatic rings. The van der Waals surface area contributed by atoms with Gasteiger partial charge in [-0.3, -0.25) is 14.8 Å². The second-order valence-corrected chi connectivity index (χ2v) is 5.70. The third kappa shape index (κ3) is 5.02. The van der Waals surface area contributed by atoms with Crippen molar-refractivity contribution in [3.05, 3.63) is 59.4 Å². The fourth-order valence-corrected chi connectivity index (χ4v) is 2.32. The van der Waals surface area contributed by atoms with Gasteiger partial charge in [-0.1, -0.05) is 24.3 Å². The SMILES string of the molecule is O=C(N[C@@H](C(=O)NO)c1ccc(-c2cc(F)c(F)c(F)c2)cc1)[C@@H](F)C(F)(F)F. The fraction of sp³-hybridized carbons (Fsp3) is 0.176. The van der Waals surface area contributed by atoms with Crippen LogP contribution in [0.2, 0.25) is 0 Å². The van der Waals surface area contributed by atoms with Crippen LogP contribution in [-0.2, 0) is 9.59 Å². The lowest BCUT2D eigenvalue weighted by Gasteiger charge is -2.20. The molecule has 0 aliphatic heterocycles. The van der Waals surface area contributed by atoms with E-state index < -0.39 is 47.7 Å². The van der Waals surface area contributed by atoms with Crippen LogP contribution in [0, 0.1) is 17.5 Å². The number of hydroxylamine groups is 1. The van der Waals surface area contributed by atoms with Crippen LogP contribution in [0.15, 0.2) is 36.4 Å². The normalized spacial score (nSPS) is 13.5. The summed E-state index contributed by atoms with van der Waals surface area (Å²) in [5, 5.41) is 10.2. The highest BCUT2D eigenvalue weighted by atomic mass is 19.4. The number of halogens is 7. The van der Waals surface area contributed by atoms with Gasteiger partial charge in [0.25, 0.3) is 18.0 Å². The highest BCUT2D eigenvalue weighted by Gasteiger charge is 2.46. The fourth-order valence-electron chi connectivity index (χ4n) is 2.32. The summed E-state index contributed by atoms with van der Waals surface area (Å²) in [6.07, 6.45) is -9.42. The van der Waals surface area contributed by atoms with Crippen molar-refractivity contribution < 1.29 is 45.5 Å². The largest absolute Gasteiger partial charge is 0.428 e. The number of carbonyl (C=O) groups excluding carboxylic acids is 2. The minimum atomic E-state index is -5.51. The van der Waals surface area contributed by atoms with Crippen molar-refractivity contribution in [3.63, 3.8) is 0 Å². The van der Waals surface area contributed by atoms with E-state index in [2.05, 4.69) is 0 Å². The molecule has 0 aliphatic rings. The summed E-state index contributed by atoms with van der Waals surface area (Å²) < 4.78 is 89.7. The van der Waals surface area contributed by atoms with Crippen molar-refractivity contribution in [2.24, 2.45) is 0 Å². The molecule has 0 aromatic heterocycles. The Morgan fingerprint density at radius 1 is 0.897 bits per heavy atom. The molecule has 5 nitrogen and oxygen atoms in total. The molecule has 0 spiro atoms. The smallest absolute Gasteiger partial charge is 0.338 e. The second kappa shape index (κ2) is 8.47. The molecule has 0 heterocycles.